The molecule has 158 valence electrons. The molecule has 29 heavy (non-hydrogen) atoms. The van der Waals surface area contributed by atoms with Crippen LogP contribution < -0.4 is 5.32 Å². The predicted octanol–water partition coefficient (Wildman–Crippen LogP) is 4.04. The highest BCUT2D eigenvalue weighted by Crippen LogP contribution is 2.36. The van der Waals surface area contributed by atoms with Crippen molar-refractivity contribution in [3.8, 4) is 0 Å². The average Bonchev–Trinajstić information content (AvgIpc) is 2.70. The number of nitro groups is 1. The van der Waals surface area contributed by atoms with E-state index in [1.54, 1.807) is 0 Å². The summed E-state index contributed by atoms with van der Waals surface area (Å²) in [4.78, 5) is 38.3. The summed E-state index contributed by atoms with van der Waals surface area (Å²) in [7, 11) is 0. The van der Waals surface area contributed by atoms with Crippen molar-refractivity contribution >= 4 is 29.1 Å². The Morgan fingerprint density at radius 2 is 1.90 bits per heavy atom. The highest BCUT2D eigenvalue weighted by Gasteiger charge is 2.36. The van der Waals surface area contributed by atoms with Crippen LogP contribution in [0.4, 0.5) is 5.69 Å². The number of carbonyl (C=O) groups is 2. The third-order valence-electron chi connectivity index (χ3n) is 6.23. The lowest BCUT2D eigenvalue weighted by atomic mass is 9.75. The van der Waals surface area contributed by atoms with Crippen LogP contribution >= 0.6 is 11.6 Å². The van der Waals surface area contributed by atoms with Crippen LogP contribution in [0, 0.1) is 27.9 Å². The Morgan fingerprint density at radius 1 is 1.21 bits per heavy atom. The number of nitrogens with zero attached hydrogens (tertiary/aromatic N) is 2. The molecular formula is C21H28ClN3O4. The van der Waals surface area contributed by atoms with Gasteiger partial charge in [-0.2, -0.15) is 0 Å². The van der Waals surface area contributed by atoms with Crippen molar-refractivity contribution in [3.05, 3.63) is 38.9 Å². The van der Waals surface area contributed by atoms with Crippen LogP contribution in [0.1, 0.15) is 56.3 Å². The Hall–Kier alpha value is -2.15. The van der Waals surface area contributed by atoms with Crippen molar-refractivity contribution < 1.29 is 14.5 Å². The van der Waals surface area contributed by atoms with E-state index in [4.69, 9.17) is 11.6 Å². The van der Waals surface area contributed by atoms with E-state index >= 15 is 0 Å². The highest BCUT2D eigenvalue weighted by molar-refractivity contribution is 6.32. The molecule has 0 bridgehead atoms. The van der Waals surface area contributed by atoms with Gasteiger partial charge < -0.3 is 10.2 Å². The Labute approximate surface area is 175 Å². The second-order valence-corrected chi connectivity index (χ2v) is 8.90. The van der Waals surface area contributed by atoms with Crippen molar-refractivity contribution in [1.82, 2.24) is 10.2 Å². The van der Waals surface area contributed by atoms with Gasteiger partial charge in [-0.3, -0.25) is 19.7 Å². The molecule has 1 aliphatic heterocycles. The van der Waals surface area contributed by atoms with E-state index < -0.39 is 16.9 Å². The molecule has 2 amide bonds. The van der Waals surface area contributed by atoms with Gasteiger partial charge in [-0.25, -0.2) is 0 Å². The number of nitro benzene ring substituents is 1. The van der Waals surface area contributed by atoms with Crippen molar-refractivity contribution in [2.24, 2.45) is 17.8 Å². The normalized spacial score (nSPS) is 22.7. The summed E-state index contributed by atoms with van der Waals surface area (Å²) >= 11 is 5.83. The zero-order valence-electron chi connectivity index (χ0n) is 16.9. The summed E-state index contributed by atoms with van der Waals surface area (Å²) in [6, 6.07) is 3.24. The van der Waals surface area contributed by atoms with E-state index in [1.165, 1.54) is 37.8 Å². The average molecular weight is 422 g/mol. The molecule has 1 aromatic rings. The molecule has 1 aromatic carbocycles. The smallest absolute Gasteiger partial charge is 0.288 e. The van der Waals surface area contributed by atoms with Crippen LogP contribution in [0.2, 0.25) is 5.02 Å². The number of hydrogen-bond acceptors (Lipinski definition) is 4. The maximum absolute atomic E-state index is 13.2. The van der Waals surface area contributed by atoms with Gasteiger partial charge in [-0.15, -0.1) is 0 Å². The summed E-state index contributed by atoms with van der Waals surface area (Å²) in [5.74, 6) is 0.599. The maximum atomic E-state index is 13.2. The van der Waals surface area contributed by atoms with Gasteiger partial charge in [0.1, 0.15) is 11.1 Å². The molecule has 3 atom stereocenters. The first kappa shape index (κ1) is 21.6. The SMILES string of the molecule is CC(C)[C@H](NC(=O)c1ccc(Cl)c([N+](=O)[O-])c1)C(=O)N1CC[C@@H]2CCCC[C@H]2C1. The predicted molar refractivity (Wildman–Crippen MR) is 111 cm³/mol. The molecule has 2 fully saturated rings. The molecule has 0 aromatic heterocycles. The topological polar surface area (TPSA) is 92.5 Å². The molecule has 0 spiro atoms. The number of halogens is 1. The number of piperidine rings is 1. The molecule has 2 aliphatic rings. The number of amides is 2. The number of benzene rings is 1. The number of likely N-dealkylation sites (tertiary alicyclic amines) is 1. The second-order valence-electron chi connectivity index (χ2n) is 8.50. The van der Waals surface area contributed by atoms with E-state index in [0.29, 0.717) is 5.92 Å². The second kappa shape index (κ2) is 9.11. The molecule has 0 radical (unpaired) electrons. The summed E-state index contributed by atoms with van der Waals surface area (Å²) in [6.45, 7) is 5.27. The lowest BCUT2D eigenvalue weighted by molar-refractivity contribution is -0.384. The van der Waals surface area contributed by atoms with Gasteiger partial charge >= 0.3 is 0 Å². The molecule has 1 saturated carbocycles. The quantitative estimate of drug-likeness (QED) is 0.573. The minimum atomic E-state index is -0.669. The molecule has 1 aliphatic carbocycles. The monoisotopic (exact) mass is 421 g/mol. The van der Waals surface area contributed by atoms with Gasteiger partial charge in [-0.05, 0) is 42.7 Å². The highest BCUT2D eigenvalue weighted by atomic mass is 35.5. The number of fused-ring (bicyclic) bond motifs is 1. The molecule has 1 saturated heterocycles. The van der Waals surface area contributed by atoms with Gasteiger partial charge in [0, 0.05) is 24.7 Å². The largest absolute Gasteiger partial charge is 0.341 e. The molecule has 1 heterocycles. The minimum Gasteiger partial charge on any atom is -0.341 e. The molecular weight excluding hydrogens is 394 g/mol. The standard InChI is InChI=1S/C21H28ClN3O4/c1-13(2)19(21(27)24-10-9-14-5-3-4-6-16(14)12-24)23-20(26)15-7-8-17(22)18(11-15)25(28)29/h7-8,11,13-14,16,19H,3-6,9-10,12H2,1-2H3,(H,23,26)/t14-,16-,19-/m0/s1. The number of nitrogens with one attached hydrogen (secondary N) is 1. The zero-order chi connectivity index (χ0) is 21.1. The first-order valence-corrected chi connectivity index (χ1v) is 10.7. The van der Waals surface area contributed by atoms with E-state index in [1.807, 2.05) is 18.7 Å². The fourth-order valence-corrected chi connectivity index (χ4v) is 4.72. The van der Waals surface area contributed by atoms with E-state index in [0.717, 1.165) is 31.5 Å². The van der Waals surface area contributed by atoms with Crippen molar-refractivity contribution in [3.63, 3.8) is 0 Å². The first-order chi connectivity index (χ1) is 13.8. The summed E-state index contributed by atoms with van der Waals surface area (Å²) < 4.78 is 0. The Bertz CT molecular complexity index is 798. The Morgan fingerprint density at radius 3 is 2.55 bits per heavy atom. The van der Waals surface area contributed by atoms with Gasteiger partial charge in [0.25, 0.3) is 11.6 Å². The van der Waals surface area contributed by atoms with Crippen LogP contribution in [0.25, 0.3) is 0 Å². The number of carbonyl (C=O) groups excluding carboxylic acids is 2. The van der Waals surface area contributed by atoms with E-state index in [2.05, 4.69) is 5.32 Å². The third-order valence-corrected chi connectivity index (χ3v) is 6.55. The molecule has 3 rings (SSSR count). The summed E-state index contributed by atoms with van der Waals surface area (Å²) in [5, 5.41) is 13.8. The van der Waals surface area contributed by atoms with Gasteiger partial charge in [-0.1, -0.05) is 44.7 Å². The fourth-order valence-electron chi connectivity index (χ4n) is 4.53. The molecule has 1 N–H and O–H groups in total. The van der Waals surface area contributed by atoms with Crippen LogP contribution in [0.5, 0.6) is 0 Å². The summed E-state index contributed by atoms with van der Waals surface area (Å²) in [6.07, 6.45) is 5.96. The van der Waals surface area contributed by atoms with Crippen LogP contribution in [-0.2, 0) is 4.79 Å². The number of rotatable bonds is 5. The van der Waals surface area contributed by atoms with Crippen molar-refractivity contribution in [2.45, 2.75) is 52.0 Å². The molecule has 0 unspecified atom stereocenters. The molecule has 7 nitrogen and oxygen atoms in total. The minimum absolute atomic E-state index is 0.0293. The van der Waals surface area contributed by atoms with Gasteiger partial charge in [0.15, 0.2) is 0 Å². The Kier molecular flexibility index (Phi) is 6.77. The molecule has 8 heteroatoms. The zero-order valence-corrected chi connectivity index (χ0v) is 17.7. The lowest BCUT2D eigenvalue weighted by Gasteiger charge is -2.42. The fraction of sp³-hybridized carbons (Fsp3) is 0.619. The van der Waals surface area contributed by atoms with E-state index in [-0.39, 0.29) is 28.1 Å². The van der Waals surface area contributed by atoms with Gasteiger partial charge in [0.2, 0.25) is 5.91 Å². The first-order valence-electron chi connectivity index (χ1n) is 10.3. The van der Waals surface area contributed by atoms with Crippen molar-refractivity contribution in [1.29, 1.82) is 0 Å². The third kappa shape index (κ3) is 4.89. The maximum Gasteiger partial charge on any atom is 0.288 e. The number of hydrogen-bond donors (Lipinski definition) is 1. The van der Waals surface area contributed by atoms with E-state index in [9.17, 15) is 19.7 Å². The lowest BCUT2D eigenvalue weighted by Crippen LogP contribution is -2.54. The van der Waals surface area contributed by atoms with Crippen LogP contribution in [0.15, 0.2) is 18.2 Å². The summed E-state index contributed by atoms with van der Waals surface area (Å²) in [5.41, 5.74) is -0.211. The van der Waals surface area contributed by atoms with Gasteiger partial charge in [0.05, 0.1) is 4.92 Å². The van der Waals surface area contributed by atoms with Crippen LogP contribution in [0.3, 0.4) is 0 Å². The Balaban J connectivity index is 1.71. The van der Waals surface area contributed by atoms with Crippen LogP contribution in [-0.4, -0.2) is 40.8 Å². The van der Waals surface area contributed by atoms with Crippen molar-refractivity contribution in [2.75, 3.05) is 13.1 Å².